The monoisotopic (exact) mass is 952 g/mol. The largest absolute Gasteiger partial charge is 0.457 e. The molecule has 8 unspecified atom stereocenters. The molecule has 1 aliphatic heterocycles. The van der Waals surface area contributed by atoms with E-state index in [1.54, 1.807) is 30.3 Å². The molecule has 342 valence electrons. The quantitative estimate of drug-likeness (QED) is 0.109. The van der Waals surface area contributed by atoms with Crippen molar-refractivity contribution in [3.8, 4) is 15.5 Å². The van der Waals surface area contributed by atoms with Gasteiger partial charge in [0, 0.05) is 29.2 Å². The molecule has 6 saturated carbocycles. The van der Waals surface area contributed by atoms with Gasteiger partial charge in [0.05, 0.1) is 19.2 Å². The van der Waals surface area contributed by atoms with Crippen LogP contribution in [-0.4, -0.2) is 46.5 Å². The highest BCUT2D eigenvalue weighted by molar-refractivity contribution is 7.33. The molecular weight excluding hydrogens is 905 g/mol. The molecule has 11 nitrogen and oxygen atoms in total. The van der Waals surface area contributed by atoms with Crippen molar-refractivity contribution >= 4 is 99.9 Å². The van der Waals surface area contributed by atoms with Crippen LogP contribution in [0.15, 0.2) is 82.8 Å². The van der Waals surface area contributed by atoms with Crippen molar-refractivity contribution < 1.29 is 43.0 Å². The van der Waals surface area contributed by atoms with E-state index < -0.39 is 17.5 Å². The standard InChI is InChI=1S/C53H48N2O9S3/c56-43-33-19-29-15-7-8-16-30(29)20-34(33)44(57)41(43)54-39-23-37-48(66-39)50-47(64-53(37,51(60)62-25-27-11-3-1-4-12-27)52(61)63-26-28-13-5-2-6-14-28)49-38(65-50)24-40(67-49)55-42-45(58)35-21-31-17-9-10-18-32(31)22-36(35)46(42)59/h1-6,11-14,23-24,29-36H,7-10,15-22,25-26H2. The van der Waals surface area contributed by atoms with Crippen LogP contribution in [-0.2, 0) is 57.1 Å². The lowest BCUT2D eigenvalue weighted by atomic mass is 9.64. The van der Waals surface area contributed by atoms with E-state index in [9.17, 15) is 28.8 Å². The molecule has 4 heterocycles. The zero-order valence-corrected chi connectivity index (χ0v) is 39.2. The molecular formula is C53H48N2O9S3. The van der Waals surface area contributed by atoms with Crippen molar-refractivity contribution in [2.45, 2.75) is 95.9 Å². The number of rotatable bonds is 8. The van der Waals surface area contributed by atoms with Crippen molar-refractivity contribution in [2.24, 2.45) is 57.3 Å². The van der Waals surface area contributed by atoms with Gasteiger partial charge in [-0.25, -0.2) is 19.6 Å². The summed E-state index contributed by atoms with van der Waals surface area (Å²) >= 11 is 3.74. The van der Waals surface area contributed by atoms with Crippen LogP contribution in [0.4, 0.5) is 10.0 Å². The number of Topliss-reactive ketones (excluding diaryl/α,β-unsaturated/α-hetero) is 4. The molecule has 14 heteroatoms. The number of carbonyl (C=O) groups is 6. The maximum Gasteiger partial charge on any atom is 0.367 e. The van der Waals surface area contributed by atoms with E-state index in [0.717, 1.165) is 51.4 Å². The summed E-state index contributed by atoms with van der Waals surface area (Å²) in [6.45, 7) is -0.339. The number of ether oxygens (including phenoxy) is 3. The normalized spacial score (nSPS) is 28.1. The third-order valence-corrected chi connectivity index (χ3v) is 19.4. The van der Waals surface area contributed by atoms with E-state index in [2.05, 4.69) is 0 Å². The summed E-state index contributed by atoms with van der Waals surface area (Å²) in [5.41, 5.74) is -1.06. The second-order valence-corrected chi connectivity index (χ2v) is 22.7. The fourth-order valence-electron chi connectivity index (χ4n) is 12.6. The third kappa shape index (κ3) is 7.22. The molecule has 7 aliphatic rings. The number of fused-ring (bicyclic) bond motifs is 9. The minimum Gasteiger partial charge on any atom is -0.457 e. The molecule has 0 bridgehead atoms. The highest BCUT2D eigenvalue weighted by atomic mass is 32.1. The van der Waals surface area contributed by atoms with Crippen LogP contribution in [0.5, 0.6) is 5.75 Å². The number of thiophene rings is 3. The van der Waals surface area contributed by atoms with Gasteiger partial charge in [0.1, 0.15) is 23.2 Å². The zero-order valence-electron chi connectivity index (χ0n) is 36.7. The van der Waals surface area contributed by atoms with Gasteiger partial charge in [-0.3, -0.25) is 19.2 Å². The van der Waals surface area contributed by atoms with Gasteiger partial charge in [0.15, 0.2) is 40.3 Å². The summed E-state index contributed by atoms with van der Waals surface area (Å²) in [5, 5.41) is 0.710. The van der Waals surface area contributed by atoms with E-state index in [1.807, 2.05) is 42.5 Å². The van der Waals surface area contributed by atoms with E-state index in [0.29, 0.717) is 71.8 Å². The molecule has 0 spiro atoms. The van der Waals surface area contributed by atoms with Crippen LogP contribution in [0, 0.1) is 47.3 Å². The van der Waals surface area contributed by atoms with Gasteiger partial charge in [0.25, 0.3) is 0 Å². The molecule has 8 atom stereocenters. The van der Waals surface area contributed by atoms with Crippen LogP contribution in [0.25, 0.3) is 19.2 Å². The number of hydrogen-bond donors (Lipinski definition) is 0. The molecule has 2 aromatic carbocycles. The minimum absolute atomic E-state index is 0.000397. The Morgan fingerprint density at radius 3 is 1.45 bits per heavy atom. The first kappa shape index (κ1) is 42.9. The van der Waals surface area contributed by atoms with Crippen molar-refractivity contribution in [1.82, 2.24) is 0 Å². The Morgan fingerprint density at radius 2 is 1.00 bits per heavy atom. The molecule has 0 N–H and O–H groups in total. The predicted octanol–water partition coefficient (Wildman–Crippen LogP) is 10.9. The number of hydrogen-bond acceptors (Lipinski definition) is 14. The molecule has 3 aromatic heterocycles. The lowest BCUT2D eigenvalue weighted by molar-refractivity contribution is -0.183. The summed E-state index contributed by atoms with van der Waals surface area (Å²) in [7, 11) is 0. The topological polar surface area (TPSA) is 155 Å². The van der Waals surface area contributed by atoms with Gasteiger partial charge in [-0.1, -0.05) is 112 Å². The van der Waals surface area contributed by atoms with Crippen molar-refractivity contribution in [3.63, 3.8) is 0 Å². The van der Waals surface area contributed by atoms with Crippen LogP contribution in [0.2, 0.25) is 0 Å². The maximum atomic E-state index is 15.0. The maximum absolute atomic E-state index is 15.0. The summed E-state index contributed by atoms with van der Waals surface area (Å²) < 4.78 is 20.1. The summed E-state index contributed by atoms with van der Waals surface area (Å²) in [4.78, 5) is 96.6. The van der Waals surface area contributed by atoms with E-state index in [-0.39, 0.29) is 87.8 Å². The first-order valence-corrected chi connectivity index (χ1v) is 26.3. The Morgan fingerprint density at radius 1 is 0.567 bits per heavy atom. The predicted molar refractivity (Wildman–Crippen MR) is 255 cm³/mol. The van der Waals surface area contributed by atoms with Gasteiger partial charge >= 0.3 is 17.5 Å². The minimum atomic E-state index is -2.50. The summed E-state index contributed by atoms with van der Waals surface area (Å²) in [5.74, 6) is -2.23. The number of benzene rings is 2. The van der Waals surface area contributed by atoms with Crippen LogP contribution >= 0.6 is 34.0 Å². The number of ketones is 4. The Labute approximate surface area is 399 Å². The fourth-order valence-corrected chi connectivity index (χ4v) is 16.2. The van der Waals surface area contributed by atoms with Crippen LogP contribution in [0.1, 0.15) is 93.7 Å². The van der Waals surface area contributed by atoms with Crippen LogP contribution in [0.3, 0.4) is 0 Å². The molecule has 6 aliphatic carbocycles. The second-order valence-electron chi connectivity index (χ2n) is 19.6. The SMILES string of the molecule is O=C1C(=Nc2cc3c(s2)-c2sc4cc(N=C5C(=O)C6CC7CCCCC7CC6C5=O)sc4c2OC3(C(=O)OCc2ccccc2)C(=O)OCc2ccccc2)C(=O)C2CC3CCCCC3CC12. The lowest BCUT2D eigenvalue weighted by Crippen LogP contribution is -2.52. The first-order chi connectivity index (χ1) is 32.6. The second kappa shape index (κ2) is 17.0. The zero-order chi connectivity index (χ0) is 45.6. The molecule has 0 amide bonds. The van der Waals surface area contributed by atoms with Crippen LogP contribution < -0.4 is 4.74 Å². The van der Waals surface area contributed by atoms with Crippen molar-refractivity contribution in [3.05, 3.63) is 89.5 Å². The number of aliphatic imine (C=N–C) groups is 2. The smallest absolute Gasteiger partial charge is 0.367 e. The van der Waals surface area contributed by atoms with E-state index in [1.165, 1.54) is 46.9 Å². The third-order valence-electron chi connectivity index (χ3n) is 15.9. The summed E-state index contributed by atoms with van der Waals surface area (Å²) in [6, 6.07) is 21.6. The summed E-state index contributed by atoms with van der Waals surface area (Å²) in [6.07, 6.45) is 11.9. The highest BCUT2D eigenvalue weighted by Gasteiger charge is 2.60. The molecule has 0 saturated heterocycles. The molecule has 6 fully saturated rings. The molecule has 0 radical (unpaired) electrons. The highest BCUT2D eigenvalue weighted by Crippen LogP contribution is 2.60. The van der Waals surface area contributed by atoms with E-state index >= 15 is 0 Å². The van der Waals surface area contributed by atoms with Gasteiger partial charge in [-0.05, 0) is 72.6 Å². The van der Waals surface area contributed by atoms with Gasteiger partial charge in [0.2, 0.25) is 0 Å². The number of carbonyl (C=O) groups excluding carboxylic acids is 6. The Kier molecular flexibility index (Phi) is 10.9. The first-order valence-electron chi connectivity index (χ1n) is 23.8. The van der Waals surface area contributed by atoms with Crippen molar-refractivity contribution in [1.29, 1.82) is 0 Å². The average molecular weight is 953 g/mol. The lowest BCUT2D eigenvalue weighted by Gasteiger charge is -2.39. The van der Waals surface area contributed by atoms with Gasteiger partial charge in [-0.2, -0.15) is 0 Å². The Bertz CT molecular complexity index is 2820. The van der Waals surface area contributed by atoms with Crippen molar-refractivity contribution in [2.75, 3.05) is 0 Å². The van der Waals surface area contributed by atoms with Gasteiger partial charge in [-0.15, -0.1) is 34.0 Å². The average Bonchev–Trinajstić information content (AvgIpc) is 4.15. The Balaban J connectivity index is 0.951. The molecule has 12 rings (SSSR count). The molecule has 5 aromatic rings. The Hall–Kier alpha value is -5.44. The fraction of sp³-hybridized carbons (Fsp3) is 0.434. The number of esters is 2. The van der Waals surface area contributed by atoms with E-state index in [4.69, 9.17) is 24.2 Å². The number of nitrogens with zero attached hydrogens (tertiary/aromatic N) is 2. The van der Waals surface area contributed by atoms with Gasteiger partial charge < -0.3 is 14.2 Å². The molecule has 67 heavy (non-hydrogen) atoms.